The Hall–Kier alpha value is -2.39. The number of hydrogen-bond acceptors (Lipinski definition) is 5. The second-order valence-corrected chi connectivity index (χ2v) is 12.1. The van der Waals surface area contributed by atoms with Crippen LogP contribution in [0.25, 0.3) is 0 Å². The standard InChI is InChI=1S/C30H35IN2O3S/c1-18(2)36-28-23(31)15-21(16-25(28)35-5)17-32-30-27(22-10-8-6-7-9-11-26(22)37-30)29(34)33-24-14-19(3)12-13-20(24)4/h12-18H,6-11H2,1-5H3,(H,33,34). The zero-order valence-corrected chi connectivity index (χ0v) is 25.2. The highest BCUT2D eigenvalue weighted by Gasteiger charge is 2.24. The third-order valence-electron chi connectivity index (χ3n) is 6.46. The molecule has 1 aromatic heterocycles. The Bertz CT molecular complexity index is 1310. The van der Waals surface area contributed by atoms with E-state index in [0.717, 1.165) is 67.9 Å². The van der Waals surface area contributed by atoms with Gasteiger partial charge in [-0.05, 0) is 116 Å². The minimum absolute atomic E-state index is 0.0469. The van der Waals surface area contributed by atoms with Gasteiger partial charge in [0, 0.05) is 16.8 Å². The third-order valence-corrected chi connectivity index (χ3v) is 8.46. The van der Waals surface area contributed by atoms with Crippen LogP contribution in [-0.2, 0) is 12.8 Å². The first kappa shape index (κ1) is 27.6. The van der Waals surface area contributed by atoms with Crippen molar-refractivity contribution in [2.75, 3.05) is 12.4 Å². The molecule has 0 saturated heterocycles. The zero-order chi connectivity index (χ0) is 26.5. The van der Waals surface area contributed by atoms with Crippen molar-refractivity contribution in [3.63, 3.8) is 0 Å². The van der Waals surface area contributed by atoms with Crippen molar-refractivity contribution in [2.24, 2.45) is 4.99 Å². The molecule has 0 atom stereocenters. The number of thiophene rings is 1. The van der Waals surface area contributed by atoms with Gasteiger partial charge in [0.05, 0.1) is 22.3 Å². The van der Waals surface area contributed by atoms with Crippen LogP contribution in [-0.4, -0.2) is 25.3 Å². The number of amides is 1. The molecule has 0 aliphatic heterocycles. The summed E-state index contributed by atoms with van der Waals surface area (Å²) in [6.07, 6.45) is 8.50. The Kier molecular flexibility index (Phi) is 9.29. The minimum atomic E-state index is -0.0771. The molecule has 0 saturated carbocycles. The van der Waals surface area contributed by atoms with Gasteiger partial charge in [-0.2, -0.15) is 0 Å². The van der Waals surface area contributed by atoms with Crippen LogP contribution in [0.5, 0.6) is 11.5 Å². The maximum absolute atomic E-state index is 13.7. The monoisotopic (exact) mass is 630 g/mol. The van der Waals surface area contributed by atoms with E-state index in [1.807, 2.05) is 58.2 Å². The maximum atomic E-state index is 13.7. The lowest BCUT2D eigenvalue weighted by Crippen LogP contribution is -2.15. The van der Waals surface area contributed by atoms with Crippen LogP contribution in [0.15, 0.2) is 35.3 Å². The van der Waals surface area contributed by atoms with Crippen molar-refractivity contribution in [3.05, 3.63) is 66.6 Å². The number of aryl methyl sites for hydroxylation is 3. The van der Waals surface area contributed by atoms with Crippen LogP contribution < -0.4 is 14.8 Å². The summed E-state index contributed by atoms with van der Waals surface area (Å²) >= 11 is 3.93. The first-order valence-corrected chi connectivity index (χ1v) is 14.8. The summed E-state index contributed by atoms with van der Waals surface area (Å²) in [5.74, 6) is 1.34. The number of halogens is 1. The molecule has 37 heavy (non-hydrogen) atoms. The predicted molar refractivity (Wildman–Crippen MR) is 163 cm³/mol. The number of methoxy groups -OCH3 is 1. The van der Waals surface area contributed by atoms with E-state index in [2.05, 4.69) is 34.0 Å². The molecule has 196 valence electrons. The number of fused-ring (bicyclic) bond motifs is 1. The number of carbonyl (C=O) groups is 1. The van der Waals surface area contributed by atoms with Crippen LogP contribution in [0, 0.1) is 17.4 Å². The molecular formula is C30H35IN2O3S. The van der Waals surface area contributed by atoms with Crippen LogP contribution in [0.2, 0.25) is 0 Å². The van der Waals surface area contributed by atoms with E-state index in [1.165, 1.54) is 23.3 Å². The van der Waals surface area contributed by atoms with Crippen LogP contribution in [0.1, 0.15) is 77.0 Å². The van der Waals surface area contributed by atoms with Gasteiger partial charge in [-0.3, -0.25) is 4.79 Å². The molecule has 3 aromatic rings. The lowest BCUT2D eigenvalue weighted by Gasteiger charge is -2.15. The summed E-state index contributed by atoms with van der Waals surface area (Å²) in [6.45, 7) is 8.06. The average molecular weight is 631 g/mol. The van der Waals surface area contributed by atoms with Crippen molar-refractivity contribution in [2.45, 2.75) is 72.3 Å². The van der Waals surface area contributed by atoms with Gasteiger partial charge in [-0.25, -0.2) is 4.99 Å². The van der Waals surface area contributed by atoms with Crippen LogP contribution in [0.4, 0.5) is 10.7 Å². The lowest BCUT2D eigenvalue weighted by atomic mass is 9.96. The highest BCUT2D eigenvalue weighted by Crippen LogP contribution is 2.40. The van der Waals surface area contributed by atoms with Gasteiger partial charge < -0.3 is 14.8 Å². The Morgan fingerprint density at radius 2 is 1.86 bits per heavy atom. The van der Waals surface area contributed by atoms with Crippen LogP contribution in [0.3, 0.4) is 0 Å². The molecule has 7 heteroatoms. The minimum Gasteiger partial charge on any atom is -0.493 e. The van der Waals surface area contributed by atoms with E-state index in [0.29, 0.717) is 5.75 Å². The molecule has 2 aromatic carbocycles. The third kappa shape index (κ3) is 6.74. The number of nitrogens with one attached hydrogen (secondary N) is 1. The fourth-order valence-corrected chi connectivity index (χ4v) is 6.57. The molecule has 1 amide bonds. The smallest absolute Gasteiger partial charge is 0.259 e. The summed E-state index contributed by atoms with van der Waals surface area (Å²) in [7, 11) is 1.65. The molecular weight excluding hydrogens is 595 g/mol. The molecule has 0 radical (unpaired) electrons. The van der Waals surface area contributed by atoms with E-state index < -0.39 is 0 Å². The summed E-state index contributed by atoms with van der Waals surface area (Å²) in [6, 6.07) is 10.1. The maximum Gasteiger partial charge on any atom is 0.259 e. The van der Waals surface area contributed by atoms with Crippen LogP contribution >= 0.6 is 33.9 Å². The Balaban J connectivity index is 1.72. The highest BCUT2D eigenvalue weighted by molar-refractivity contribution is 14.1. The molecule has 1 aliphatic carbocycles. The first-order valence-electron chi connectivity index (χ1n) is 12.9. The van der Waals surface area contributed by atoms with Gasteiger partial charge in [0.1, 0.15) is 5.00 Å². The molecule has 1 aliphatic rings. The van der Waals surface area contributed by atoms with Gasteiger partial charge in [0.2, 0.25) is 0 Å². The molecule has 4 rings (SSSR count). The number of nitrogens with zero attached hydrogens (tertiary/aromatic N) is 1. The molecule has 5 nitrogen and oxygen atoms in total. The van der Waals surface area contributed by atoms with Crippen molar-refractivity contribution < 1.29 is 14.3 Å². The highest BCUT2D eigenvalue weighted by atomic mass is 127. The molecule has 1 heterocycles. The number of carbonyl (C=O) groups excluding carboxylic acids is 1. The number of anilines is 1. The number of benzene rings is 2. The fraction of sp³-hybridized carbons (Fsp3) is 0.400. The average Bonchev–Trinajstić information content (AvgIpc) is 3.17. The van der Waals surface area contributed by atoms with E-state index in [9.17, 15) is 4.79 Å². The fourth-order valence-electron chi connectivity index (χ4n) is 4.58. The van der Waals surface area contributed by atoms with E-state index in [-0.39, 0.29) is 12.0 Å². The summed E-state index contributed by atoms with van der Waals surface area (Å²) in [5.41, 5.74) is 5.82. The molecule has 0 spiro atoms. The number of rotatable bonds is 7. The lowest BCUT2D eigenvalue weighted by molar-refractivity contribution is 0.102. The Morgan fingerprint density at radius 3 is 2.59 bits per heavy atom. The molecule has 0 unspecified atom stereocenters. The largest absolute Gasteiger partial charge is 0.493 e. The quantitative estimate of drug-likeness (QED) is 0.211. The van der Waals surface area contributed by atoms with Gasteiger partial charge >= 0.3 is 0 Å². The topological polar surface area (TPSA) is 59.9 Å². The van der Waals surface area contributed by atoms with E-state index in [4.69, 9.17) is 14.5 Å². The normalized spacial score (nSPS) is 13.8. The van der Waals surface area contributed by atoms with Gasteiger partial charge in [-0.1, -0.05) is 25.0 Å². The molecule has 0 bridgehead atoms. The zero-order valence-electron chi connectivity index (χ0n) is 22.2. The molecule has 1 N–H and O–H groups in total. The second kappa shape index (κ2) is 12.4. The SMILES string of the molecule is COc1cc(C=Nc2sc3c(c2C(=O)Nc2cc(C)ccc2C)CCCCCC3)cc(I)c1OC(C)C. The second-order valence-electron chi connectivity index (χ2n) is 9.83. The van der Waals surface area contributed by atoms with Gasteiger partial charge in [0.25, 0.3) is 5.91 Å². The van der Waals surface area contributed by atoms with Crippen molar-refractivity contribution in [3.8, 4) is 11.5 Å². The Morgan fingerprint density at radius 1 is 1.11 bits per heavy atom. The van der Waals surface area contributed by atoms with E-state index >= 15 is 0 Å². The van der Waals surface area contributed by atoms with Crippen molar-refractivity contribution in [1.82, 2.24) is 0 Å². The van der Waals surface area contributed by atoms with Gasteiger partial charge in [0.15, 0.2) is 11.5 Å². The predicted octanol–water partition coefficient (Wildman–Crippen LogP) is 8.43. The van der Waals surface area contributed by atoms with E-state index in [1.54, 1.807) is 18.4 Å². The Labute approximate surface area is 237 Å². The number of hydrogen-bond donors (Lipinski definition) is 1. The molecule has 0 fully saturated rings. The summed E-state index contributed by atoms with van der Waals surface area (Å²) < 4.78 is 12.5. The first-order chi connectivity index (χ1) is 17.8. The van der Waals surface area contributed by atoms with Gasteiger partial charge in [-0.15, -0.1) is 11.3 Å². The van der Waals surface area contributed by atoms with Crippen molar-refractivity contribution in [1.29, 1.82) is 0 Å². The summed E-state index contributed by atoms with van der Waals surface area (Å²) in [4.78, 5) is 19.9. The van der Waals surface area contributed by atoms with Crippen molar-refractivity contribution >= 4 is 56.7 Å². The number of ether oxygens (including phenoxy) is 2. The summed E-state index contributed by atoms with van der Waals surface area (Å²) in [5, 5.41) is 3.96. The number of aliphatic imine (C=N–C) groups is 1.